The van der Waals surface area contributed by atoms with Crippen LogP contribution in [0.25, 0.3) is 0 Å². The largest absolute Gasteiger partial charge is 0.482 e. The van der Waals surface area contributed by atoms with Gasteiger partial charge in [-0.05, 0) is 49.6 Å². The summed E-state index contributed by atoms with van der Waals surface area (Å²) < 4.78 is 19.5. The Bertz CT molecular complexity index is 891. The number of carbonyl (C=O) groups is 1. The van der Waals surface area contributed by atoms with E-state index >= 15 is 0 Å². The van der Waals surface area contributed by atoms with Crippen LogP contribution in [0.5, 0.6) is 5.75 Å². The third-order valence-electron chi connectivity index (χ3n) is 5.83. The van der Waals surface area contributed by atoms with Crippen LogP contribution in [0, 0.1) is 18.7 Å². The average Bonchev–Trinajstić information content (AvgIpc) is 3.15. The van der Waals surface area contributed by atoms with Crippen LogP contribution >= 0.6 is 0 Å². The highest BCUT2D eigenvalue weighted by Gasteiger charge is 2.41. The number of benzene rings is 1. The molecule has 2 saturated heterocycles. The van der Waals surface area contributed by atoms with Crippen LogP contribution in [0.1, 0.15) is 36.3 Å². The molecule has 7 heteroatoms. The minimum absolute atomic E-state index is 0.000612. The molecule has 0 saturated carbocycles. The number of hydrazine groups is 1. The monoisotopic (exact) mass is 398 g/mol. The molecule has 3 heterocycles. The molecule has 1 amide bonds. The van der Waals surface area contributed by atoms with Gasteiger partial charge in [0.05, 0.1) is 11.7 Å². The molecule has 2 aromatic rings. The summed E-state index contributed by atoms with van der Waals surface area (Å²) in [6.07, 6.45) is 1.60. The van der Waals surface area contributed by atoms with Gasteiger partial charge in [-0.15, -0.1) is 0 Å². The second-order valence-corrected chi connectivity index (χ2v) is 7.76. The average molecular weight is 398 g/mol. The summed E-state index contributed by atoms with van der Waals surface area (Å²) in [7, 11) is 0. The summed E-state index contributed by atoms with van der Waals surface area (Å²) in [6, 6.07) is 10.7. The molecular weight excluding hydrogens is 371 g/mol. The van der Waals surface area contributed by atoms with Gasteiger partial charge in [0.2, 0.25) is 0 Å². The Morgan fingerprint density at radius 2 is 2.17 bits per heavy atom. The fourth-order valence-corrected chi connectivity index (χ4v) is 4.27. The van der Waals surface area contributed by atoms with Crippen molar-refractivity contribution in [1.82, 2.24) is 20.7 Å². The van der Waals surface area contributed by atoms with Gasteiger partial charge in [0, 0.05) is 30.7 Å². The van der Waals surface area contributed by atoms with Crippen molar-refractivity contribution in [2.45, 2.75) is 38.8 Å². The summed E-state index contributed by atoms with van der Waals surface area (Å²) in [5.41, 5.74) is 9.30. The highest BCUT2D eigenvalue weighted by atomic mass is 19.1. The van der Waals surface area contributed by atoms with Gasteiger partial charge >= 0.3 is 0 Å². The molecule has 6 nitrogen and oxygen atoms in total. The van der Waals surface area contributed by atoms with Crippen LogP contribution < -0.4 is 15.6 Å². The number of ether oxygens (including phenoxy) is 1. The van der Waals surface area contributed by atoms with Crippen molar-refractivity contribution < 1.29 is 13.9 Å². The smallest absolute Gasteiger partial charge is 0.260 e. The van der Waals surface area contributed by atoms with Gasteiger partial charge in [0.1, 0.15) is 11.6 Å². The van der Waals surface area contributed by atoms with Crippen molar-refractivity contribution in [1.29, 1.82) is 0 Å². The number of hydrogen-bond donors (Lipinski definition) is 2. The first-order chi connectivity index (χ1) is 14.0. The Morgan fingerprint density at radius 1 is 1.31 bits per heavy atom. The first-order valence-electron chi connectivity index (χ1n) is 10.2. The number of carbonyl (C=O) groups excluding carboxylic acids is 1. The summed E-state index contributed by atoms with van der Waals surface area (Å²) >= 11 is 0. The zero-order valence-corrected chi connectivity index (χ0v) is 16.8. The Kier molecular flexibility index (Phi) is 5.78. The summed E-state index contributed by atoms with van der Waals surface area (Å²) in [6.45, 7) is 5.26. The van der Waals surface area contributed by atoms with Crippen LogP contribution in [0.2, 0.25) is 0 Å². The lowest BCUT2D eigenvalue weighted by Crippen LogP contribution is -2.49. The van der Waals surface area contributed by atoms with E-state index in [1.807, 2.05) is 36.9 Å². The van der Waals surface area contributed by atoms with Crippen LogP contribution in [-0.4, -0.2) is 41.5 Å². The SMILES string of the molecule is CCc1nc(C)ccc1OCC(=O)N1CCC2NNC(c3cccc(F)c3)C2C1. The van der Waals surface area contributed by atoms with Gasteiger partial charge in [-0.25, -0.2) is 9.82 Å². The van der Waals surface area contributed by atoms with Crippen molar-refractivity contribution in [2.75, 3.05) is 19.7 Å². The van der Waals surface area contributed by atoms with Gasteiger partial charge in [-0.1, -0.05) is 19.1 Å². The van der Waals surface area contributed by atoms with E-state index in [-0.39, 0.29) is 36.3 Å². The maximum absolute atomic E-state index is 13.7. The summed E-state index contributed by atoms with van der Waals surface area (Å²) in [5.74, 6) is 0.573. The maximum atomic E-state index is 13.7. The quantitative estimate of drug-likeness (QED) is 0.810. The van der Waals surface area contributed by atoms with Gasteiger partial charge in [0.25, 0.3) is 5.91 Å². The molecule has 3 atom stereocenters. The van der Waals surface area contributed by atoms with E-state index < -0.39 is 0 Å². The molecule has 1 aromatic heterocycles. The topological polar surface area (TPSA) is 66.5 Å². The molecule has 0 aliphatic carbocycles. The van der Waals surface area contributed by atoms with Gasteiger partial charge in [-0.2, -0.15) is 0 Å². The Balaban J connectivity index is 1.40. The predicted molar refractivity (Wildman–Crippen MR) is 108 cm³/mol. The first kappa shape index (κ1) is 19.8. The maximum Gasteiger partial charge on any atom is 0.260 e. The minimum atomic E-state index is -0.247. The van der Waals surface area contributed by atoms with E-state index in [0.717, 1.165) is 29.8 Å². The van der Waals surface area contributed by atoms with E-state index in [1.54, 1.807) is 12.1 Å². The van der Waals surface area contributed by atoms with Crippen molar-refractivity contribution in [2.24, 2.45) is 5.92 Å². The first-order valence-corrected chi connectivity index (χ1v) is 10.2. The van der Waals surface area contributed by atoms with Crippen LogP contribution in [0.3, 0.4) is 0 Å². The number of halogens is 1. The number of aromatic nitrogens is 1. The number of hydrogen-bond acceptors (Lipinski definition) is 5. The standard InChI is InChI=1S/C22H27FN4O2/c1-3-18-20(8-7-14(2)24-18)29-13-21(28)27-10-9-19-17(12-27)22(26-25-19)15-5-4-6-16(23)11-15/h4-8,11,17,19,22,25-26H,3,9-10,12-13H2,1-2H3. The molecule has 3 unspecified atom stereocenters. The zero-order chi connectivity index (χ0) is 20.4. The number of likely N-dealkylation sites (tertiary alicyclic amines) is 1. The van der Waals surface area contributed by atoms with Gasteiger partial charge < -0.3 is 9.64 Å². The number of rotatable bonds is 5. The Morgan fingerprint density at radius 3 is 2.97 bits per heavy atom. The molecule has 154 valence electrons. The highest BCUT2D eigenvalue weighted by Crippen LogP contribution is 2.34. The second-order valence-electron chi connectivity index (χ2n) is 7.76. The minimum Gasteiger partial charge on any atom is -0.482 e. The third-order valence-corrected chi connectivity index (χ3v) is 5.83. The van der Waals surface area contributed by atoms with Crippen molar-refractivity contribution in [3.05, 3.63) is 59.2 Å². The molecule has 2 aliphatic rings. The number of fused-ring (bicyclic) bond motifs is 1. The Labute approximate surface area is 170 Å². The molecule has 0 bridgehead atoms. The number of aryl methyl sites for hydroxylation is 2. The van der Waals surface area contributed by atoms with E-state index in [4.69, 9.17) is 4.74 Å². The van der Waals surface area contributed by atoms with E-state index in [1.165, 1.54) is 6.07 Å². The number of nitrogens with zero attached hydrogens (tertiary/aromatic N) is 2. The van der Waals surface area contributed by atoms with Crippen molar-refractivity contribution in [3.63, 3.8) is 0 Å². The Hall–Kier alpha value is -2.51. The molecule has 0 radical (unpaired) electrons. The predicted octanol–water partition coefficient (Wildman–Crippen LogP) is 2.54. The third kappa shape index (κ3) is 4.26. The van der Waals surface area contributed by atoms with Crippen LogP contribution in [0.4, 0.5) is 4.39 Å². The number of pyridine rings is 1. The van der Waals surface area contributed by atoms with Gasteiger partial charge in [-0.3, -0.25) is 15.2 Å². The molecule has 1 aromatic carbocycles. The van der Waals surface area contributed by atoms with E-state index in [9.17, 15) is 9.18 Å². The molecule has 2 fully saturated rings. The second kappa shape index (κ2) is 8.47. The van der Waals surface area contributed by atoms with E-state index in [2.05, 4.69) is 15.8 Å². The molecule has 29 heavy (non-hydrogen) atoms. The lowest BCUT2D eigenvalue weighted by atomic mass is 9.85. The summed E-state index contributed by atoms with van der Waals surface area (Å²) in [4.78, 5) is 19.1. The normalized spacial score (nSPS) is 23.7. The summed E-state index contributed by atoms with van der Waals surface area (Å²) in [5, 5.41) is 0. The fraction of sp³-hybridized carbons (Fsp3) is 0.455. The van der Waals surface area contributed by atoms with Crippen molar-refractivity contribution in [3.8, 4) is 5.75 Å². The van der Waals surface area contributed by atoms with E-state index in [0.29, 0.717) is 18.8 Å². The lowest BCUT2D eigenvalue weighted by molar-refractivity contribution is -0.135. The number of piperidine rings is 1. The van der Waals surface area contributed by atoms with Crippen molar-refractivity contribution >= 4 is 5.91 Å². The molecule has 2 aliphatic heterocycles. The molecular formula is C22H27FN4O2. The highest BCUT2D eigenvalue weighted by molar-refractivity contribution is 5.78. The fourth-order valence-electron chi connectivity index (χ4n) is 4.27. The van der Waals surface area contributed by atoms with Crippen LogP contribution in [-0.2, 0) is 11.2 Å². The number of nitrogens with one attached hydrogen (secondary N) is 2. The molecule has 2 N–H and O–H groups in total. The molecule has 0 spiro atoms. The van der Waals surface area contributed by atoms with Gasteiger partial charge in [0.15, 0.2) is 6.61 Å². The molecule has 4 rings (SSSR count). The lowest BCUT2D eigenvalue weighted by Gasteiger charge is -2.36. The van der Waals surface area contributed by atoms with Crippen LogP contribution in [0.15, 0.2) is 36.4 Å². The zero-order valence-electron chi connectivity index (χ0n) is 16.8. The number of amides is 1.